The molecular weight excluding hydrogens is 262 g/mol. The monoisotopic (exact) mass is 287 g/mol. The van der Waals surface area contributed by atoms with E-state index in [-0.39, 0.29) is 0 Å². The largest absolute Gasteiger partial charge is 0.338 e. The summed E-state index contributed by atoms with van der Waals surface area (Å²) in [5.74, 6) is 0.291. The molecule has 0 atom stereocenters. The Kier molecular flexibility index (Phi) is 4.56. The molecule has 1 aromatic rings. The maximum atomic E-state index is 12.4. The van der Waals surface area contributed by atoms with Crippen molar-refractivity contribution in [3.8, 4) is 0 Å². The summed E-state index contributed by atoms with van der Waals surface area (Å²) >= 11 is 0. The number of hydrogen-bond donors (Lipinski definition) is 1. The van der Waals surface area contributed by atoms with Crippen LogP contribution in [0.15, 0.2) is 24.3 Å². The molecule has 4 heteroatoms. The van der Waals surface area contributed by atoms with Gasteiger partial charge < -0.3 is 15.5 Å². The zero-order valence-electron chi connectivity index (χ0n) is 12.6. The van der Waals surface area contributed by atoms with E-state index in [1.54, 1.807) is 0 Å². The van der Waals surface area contributed by atoms with Gasteiger partial charge in [-0.15, -0.1) is 0 Å². The third kappa shape index (κ3) is 3.63. The van der Waals surface area contributed by atoms with Gasteiger partial charge in [-0.1, -0.05) is 24.3 Å². The molecule has 1 saturated heterocycles. The molecule has 0 aliphatic carbocycles. The molecule has 2 N–H and O–H groups in total. The molecule has 114 valence electrons. The van der Waals surface area contributed by atoms with Crippen LogP contribution >= 0.6 is 0 Å². The van der Waals surface area contributed by atoms with Crippen LogP contribution in [0.4, 0.5) is 0 Å². The fourth-order valence-electron chi connectivity index (χ4n) is 3.30. The van der Waals surface area contributed by atoms with Crippen LogP contribution in [0.5, 0.6) is 0 Å². The summed E-state index contributed by atoms with van der Waals surface area (Å²) in [5.41, 5.74) is 8.61. The number of hydrogen-bond acceptors (Lipinski definition) is 3. The van der Waals surface area contributed by atoms with Crippen LogP contribution in [0.3, 0.4) is 0 Å². The van der Waals surface area contributed by atoms with Gasteiger partial charge in [0.15, 0.2) is 0 Å². The first-order valence-electron chi connectivity index (χ1n) is 8.05. The second kappa shape index (κ2) is 6.58. The molecule has 1 fully saturated rings. The average molecular weight is 287 g/mol. The van der Waals surface area contributed by atoms with E-state index in [4.69, 9.17) is 5.73 Å². The van der Waals surface area contributed by atoms with E-state index in [1.807, 2.05) is 4.90 Å². The number of carbonyl (C=O) groups is 1. The summed E-state index contributed by atoms with van der Waals surface area (Å²) in [6, 6.07) is 8.81. The first kappa shape index (κ1) is 14.5. The Hall–Kier alpha value is -1.39. The maximum Gasteiger partial charge on any atom is 0.224 e. The number of amides is 1. The van der Waals surface area contributed by atoms with Crippen LogP contribution in [-0.2, 0) is 17.8 Å². The molecule has 0 saturated carbocycles. The summed E-state index contributed by atoms with van der Waals surface area (Å²) in [7, 11) is 0. The van der Waals surface area contributed by atoms with E-state index in [0.717, 1.165) is 52.0 Å². The van der Waals surface area contributed by atoms with Crippen molar-refractivity contribution in [3.63, 3.8) is 0 Å². The van der Waals surface area contributed by atoms with E-state index in [9.17, 15) is 4.79 Å². The molecule has 21 heavy (non-hydrogen) atoms. The Labute approximate surface area is 126 Å². The zero-order chi connectivity index (χ0) is 14.7. The van der Waals surface area contributed by atoms with Crippen LogP contribution in [-0.4, -0.2) is 47.9 Å². The summed E-state index contributed by atoms with van der Waals surface area (Å²) in [5, 5.41) is 0. The maximum absolute atomic E-state index is 12.4. The first-order valence-corrected chi connectivity index (χ1v) is 8.05. The summed E-state index contributed by atoms with van der Waals surface area (Å²) in [4.78, 5) is 16.8. The van der Waals surface area contributed by atoms with Crippen molar-refractivity contribution < 1.29 is 4.79 Å². The molecule has 0 aromatic heterocycles. The first-order chi connectivity index (χ1) is 10.2. The van der Waals surface area contributed by atoms with E-state index in [0.29, 0.717) is 18.4 Å². The lowest BCUT2D eigenvalue weighted by Gasteiger charge is -2.32. The van der Waals surface area contributed by atoms with Crippen molar-refractivity contribution >= 4 is 5.91 Å². The van der Waals surface area contributed by atoms with Gasteiger partial charge in [-0.3, -0.25) is 4.79 Å². The Morgan fingerprint density at radius 3 is 2.62 bits per heavy atom. The third-order valence-corrected chi connectivity index (χ3v) is 4.76. The molecular formula is C17H25N3O. The zero-order valence-corrected chi connectivity index (χ0v) is 12.6. The number of nitrogens with two attached hydrogens (primary N) is 1. The smallest absolute Gasteiger partial charge is 0.224 e. The number of carbonyl (C=O) groups excluding carboxylic acids is 1. The minimum atomic E-state index is 0.291. The highest BCUT2D eigenvalue weighted by molar-refractivity contribution is 5.76. The Morgan fingerprint density at radius 2 is 1.86 bits per heavy atom. The highest BCUT2D eigenvalue weighted by Crippen LogP contribution is 2.19. The lowest BCUT2D eigenvalue weighted by molar-refractivity contribution is -0.132. The number of nitrogens with zero attached hydrogens (tertiary/aromatic N) is 2. The van der Waals surface area contributed by atoms with Gasteiger partial charge in [0.05, 0.1) is 0 Å². The Morgan fingerprint density at radius 1 is 1.14 bits per heavy atom. The van der Waals surface area contributed by atoms with Crippen molar-refractivity contribution in [2.24, 2.45) is 5.73 Å². The Bertz CT molecular complexity index is 495. The van der Waals surface area contributed by atoms with Crippen molar-refractivity contribution in [2.45, 2.75) is 38.3 Å². The lowest BCUT2D eigenvalue weighted by atomic mass is 9.99. The predicted molar refractivity (Wildman–Crippen MR) is 83.8 cm³/mol. The standard InChI is InChI=1S/C17H25N3O/c18-16-6-9-19(10-7-16)11-8-17(21)20-12-5-14-3-1-2-4-15(14)13-20/h1-4,16H,5-13,18H2. The molecule has 0 bridgehead atoms. The van der Waals surface area contributed by atoms with E-state index >= 15 is 0 Å². The average Bonchev–Trinajstić information content (AvgIpc) is 2.53. The molecule has 0 unspecified atom stereocenters. The second-order valence-electron chi connectivity index (χ2n) is 6.26. The fraction of sp³-hybridized carbons (Fsp3) is 0.588. The highest BCUT2D eigenvalue weighted by Gasteiger charge is 2.22. The van der Waals surface area contributed by atoms with Crippen LogP contribution in [0.1, 0.15) is 30.4 Å². The van der Waals surface area contributed by atoms with Gasteiger partial charge >= 0.3 is 0 Å². The molecule has 3 rings (SSSR count). The van der Waals surface area contributed by atoms with E-state index < -0.39 is 0 Å². The van der Waals surface area contributed by atoms with Gasteiger partial charge in [0.2, 0.25) is 5.91 Å². The van der Waals surface area contributed by atoms with Crippen LogP contribution in [0.25, 0.3) is 0 Å². The number of rotatable bonds is 3. The van der Waals surface area contributed by atoms with Crippen LogP contribution in [0.2, 0.25) is 0 Å². The molecule has 2 heterocycles. The van der Waals surface area contributed by atoms with Gasteiger partial charge in [-0.2, -0.15) is 0 Å². The highest BCUT2D eigenvalue weighted by atomic mass is 16.2. The van der Waals surface area contributed by atoms with Crippen molar-refractivity contribution in [1.82, 2.24) is 9.80 Å². The summed E-state index contributed by atoms with van der Waals surface area (Å²) < 4.78 is 0. The number of piperidine rings is 1. The second-order valence-corrected chi connectivity index (χ2v) is 6.26. The number of benzene rings is 1. The molecule has 0 radical (unpaired) electrons. The molecule has 4 nitrogen and oxygen atoms in total. The summed E-state index contributed by atoms with van der Waals surface area (Å²) in [6.07, 6.45) is 3.74. The minimum Gasteiger partial charge on any atom is -0.338 e. The topological polar surface area (TPSA) is 49.6 Å². The number of fused-ring (bicyclic) bond motifs is 1. The number of likely N-dealkylation sites (tertiary alicyclic amines) is 1. The predicted octanol–water partition coefficient (Wildman–Crippen LogP) is 1.38. The Balaban J connectivity index is 1.48. The SMILES string of the molecule is NC1CCN(CCC(=O)N2CCc3ccccc3C2)CC1. The molecule has 2 aliphatic rings. The van der Waals surface area contributed by atoms with Crippen LogP contribution < -0.4 is 5.73 Å². The van der Waals surface area contributed by atoms with Crippen molar-refractivity contribution in [2.75, 3.05) is 26.2 Å². The molecule has 1 amide bonds. The minimum absolute atomic E-state index is 0.291. The quantitative estimate of drug-likeness (QED) is 0.914. The van der Waals surface area contributed by atoms with Gasteiger partial charge in [0.1, 0.15) is 0 Å². The molecule has 1 aromatic carbocycles. The van der Waals surface area contributed by atoms with E-state index in [1.165, 1.54) is 11.1 Å². The summed E-state index contributed by atoms with van der Waals surface area (Å²) in [6.45, 7) is 4.60. The molecule has 2 aliphatic heterocycles. The van der Waals surface area contributed by atoms with Crippen molar-refractivity contribution in [1.29, 1.82) is 0 Å². The van der Waals surface area contributed by atoms with Gasteiger partial charge in [-0.05, 0) is 43.5 Å². The fourth-order valence-corrected chi connectivity index (χ4v) is 3.30. The third-order valence-electron chi connectivity index (χ3n) is 4.76. The lowest BCUT2D eigenvalue weighted by Crippen LogP contribution is -2.42. The van der Waals surface area contributed by atoms with E-state index in [2.05, 4.69) is 29.2 Å². The normalized spacial score (nSPS) is 20.3. The van der Waals surface area contributed by atoms with Crippen molar-refractivity contribution in [3.05, 3.63) is 35.4 Å². The van der Waals surface area contributed by atoms with Gasteiger partial charge in [0, 0.05) is 32.1 Å². The van der Waals surface area contributed by atoms with Crippen LogP contribution in [0, 0.1) is 0 Å². The van der Waals surface area contributed by atoms with Gasteiger partial charge in [-0.25, -0.2) is 0 Å². The van der Waals surface area contributed by atoms with Gasteiger partial charge in [0.25, 0.3) is 0 Å². The molecule has 0 spiro atoms.